The molecule has 150 valence electrons. The second-order valence-corrected chi connectivity index (χ2v) is 7.12. The number of hydrogen-bond donors (Lipinski definition) is 1. The van der Waals surface area contributed by atoms with E-state index in [1.54, 1.807) is 23.1 Å². The molecular formula is C20H19FN4O4. The molecule has 2 amide bonds. The summed E-state index contributed by atoms with van der Waals surface area (Å²) in [4.78, 5) is 39.2. The maximum Gasteiger partial charge on any atom is 0.269 e. The van der Waals surface area contributed by atoms with Crippen LogP contribution in [-0.2, 0) is 9.59 Å². The Labute approximate surface area is 166 Å². The van der Waals surface area contributed by atoms with Gasteiger partial charge in [0.2, 0.25) is 11.8 Å². The van der Waals surface area contributed by atoms with E-state index in [1.807, 2.05) is 0 Å². The van der Waals surface area contributed by atoms with Gasteiger partial charge in [-0.1, -0.05) is 6.07 Å². The van der Waals surface area contributed by atoms with Crippen molar-refractivity contribution >= 4 is 28.9 Å². The average Bonchev–Trinajstić information content (AvgIpc) is 2.72. The SMILES string of the molecule is O=C1CC(C(=O)N2CCN(c3ccc([N+](=O)[O-])cc3)CC2)c2ccc(F)cc2N1. The maximum absolute atomic E-state index is 13.5. The van der Waals surface area contributed by atoms with Crippen LogP contribution in [-0.4, -0.2) is 47.8 Å². The second-order valence-electron chi connectivity index (χ2n) is 7.12. The number of amides is 2. The van der Waals surface area contributed by atoms with Gasteiger partial charge in [0.15, 0.2) is 0 Å². The summed E-state index contributed by atoms with van der Waals surface area (Å²) in [6.07, 6.45) is 0.0417. The highest BCUT2D eigenvalue weighted by molar-refractivity contribution is 6.01. The van der Waals surface area contributed by atoms with Crippen molar-refractivity contribution in [2.45, 2.75) is 12.3 Å². The van der Waals surface area contributed by atoms with Gasteiger partial charge < -0.3 is 15.1 Å². The van der Waals surface area contributed by atoms with Crippen LogP contribution in [0.2, 0.25) is 0 Å². The first kappa shape index (κ1) is 18.9. The fraction of sp³-hybridized carbons (Fsp3) is 0.300. The molecule has 0 aromatic heterocycles. The molecule has 2 aromatic rings. The number of non-ortho nitro benzene ring substituents is 1. The van der Waals surface area contributed by atoms with Crippen LogP contribution >= 0.6 is 0 Å². The molecule has 1 unspecified atom stereocenters. The first-order chi connectivity index (χ1) is 13.9. The van der Waals surface area contributed by atoms with E-state index < -0.39 is 16.7 Å². The van der Waals surface area contributed by atoms with Gasteiger partial charge in [-0.3, -0.25) is 19.7 Å². The van der Waals surface area contributed by atoms with E-state index in [-0.39, 0.29) is 23.9 Å². The number of carbonyl (C=O) groups is 2. The van der Waals surface area contributed by atoms with E-state index in [4.69, 9.17) is 0 Å². The minimum atomic E-state index is -0.620. The van der Waals surface area contributed by atoms with Crippen molar-refractivity contribution in [3.05, 3.63) is 64.0 Å². The highest BCUT2D eigenvalue weighted by Crippen LogP contribution is 2.34. The molecule has 2 heterocycles. The molecule has 1 atom stereocenters. The Morgan fingerprint density at radius 2 is 1.79 bits per heavy atom. The summed E-state index contributed by atoms with van der Waals surface area (Å²) in [6.45, 7) is 2.12. The fourth-order valence-corrected chi connectivity index (χ4v) is 3.85. The van der Waals surface area contributed by atoms with E-state index in [2.05, 4.69) is 10.2 Å². The largest absolute Gasteiger partial charge is 0.368 e. The summed E-state index contributed by atoms with van der Waals surface area (Å²) in [6, 6.07) is 10.4. The standard InChI is InChI=1S/C20H19FN4O4/c21-13-1-6-16-17(12-19(26)22-18(16)11-13)20(27)24-9-7-23(8-10-24)14-2-4-15(5-3-14)25(28)29/h1-6,11,17H,7-10,12H2,(H,22,26). The van der Waals surface area contributed by atoms with Crippen LogP contribution in [0.25, 0.3) is 0 Å². The molecule has 0 radical (unpaired) electrons. The molecule has 29 heavy (non-hydrogen) atoms. The third-order valence-electron chi connectivity index (χ3n) is 5.37. The minimum absolute atomic E-state index is 0.0354. The predicted octanol–water partition coefficient (Wildman–Crippen LogP) is 2.51. The molecule has 2 aliphatic heterocycles. The topological polar surface area (TPSA) is 95.8 Å². The second kappa shape index (κ2) is 7.50. The number of benzene rings is 2. The predicted molar refractivity (Wildman–Crippen MR) is 104 cm³/mol. The Kier molecular flexibility index (Phi) is 4.87. The van der Waals surface area contributed by atoms with Crippen molar-refractivity contribution in [3.63, 3.8) is 0 Å². The summed E-state index contributed by atoms with van der Waals surface area (Å²) >= 11 is 0. The monoisotopic (exact) mass is 398 g/mol. The Balaban J connectivity index is 1.44. The van der Waals surface area contributed by atoms with E-state index in [0.717, 1.165) is 5.69 Å². The van der Waals surface area contributed by atoms with Crippen molar-refractivity contribution in [1.29, 1.82) is 0 Å². The molecule has 1 fully saturated rings. The van der Waals surface area contributed by atoms with Crippen molar-refractivity contribution in [2.24, 2.45) is 0 Å². The lowest BCUT2D eigenvalue weighted by atomic mass is 9.89. The summed E-state index contributed by atoms with van der Waals surface area (Å²) < 4.78 is 13.5. The van der Waals surface area contributed by atoms with Gasteiger partial charge in [0.05, 0.1) is 10.8 Å². The van der Waals surface area contributed by atoms with Gasteiger partial charge in [-0.05, 0) is 29.8 Å². The van der Waals surface area contributed by atoms with Gasteiger partial charge in [-0.15, -0.1) is 0 Å². The molecule has 2 aliphatic rings. The van der Waals surface area contributed by atoms with Gasteiger partial charge in [0, 0.05) is 56.1 Å². The molecular weight excluding hydrogens is 379 g/mol. The quantitative estimate of drug-likeness (QED) is 0.633. The molecule has 0 aliphatic carbocycles. The highest BCUT2D eigenvalue weighted by atomic mass is 19.1. The van der Waals surface area contributed by atoms with Crippen LogP contribution in [0.4, 0.5) is 21.5 Å². The zero-order chi connectivity index (χ0) is 20.5. The normalized spacial score (nSPS) is 18.8. The number of rotatable bonds is 3. The Hall–Kier alpha value is -3.49. The number of fused-ring (bicyclic) bond motifs is 1. The number of nitro benzene ring substituents is 1. The summed E-state index contributed by atoms with van der Waals surface area (Å²) in [7, 11) is 0. The number of nitrogens with zero attached hydrogens (tertiary/aromatic N) is 3. The van der Waals surface area contributed by atoms with Gasteiger partial charge >= 0.3 is 0 Å². The van der Waals surface area contributed by atoms with Crippen molar-refractivity contribution in [1.82, 2.24) is 4.90 Å². The molecule has 1 saturated heterocycles. The Morgan fingerprint density at radius 3 is 2.45 bits per heavy atom. The Morgan fingerprint density at radius 1 is 1.10 bits per heavy atom. The number of nitro groups is 1. The van der Waals surface area contributed by atoms with Gasteiger partial charge in [0.1, 0.15) is 5.82 Å². The van der Waals surface area contributed by atoms with Gasteiger partial charge in [0.25, 0.3) is 5.69 Å². The first-order valence-electron chi connectivity index (χ1n) is 9.30. The average molecular weight is 398 g/mol. The van der Waals surface area contributed by atoms with Crippen LogP contribution in [0.1, 0.15) is 17.9 Å². The number of piperazine rings is 1. The lowest BCUT2D eigenvalue weighted by Gasteiger charge is -2.38. The van der Waals surface area contributed by atoms with Crippen LogP contribution in [0.3, 0.4) is 0 Å². The van der Waals surface area contributed by atoms with E-state index in [0.29, 0.717) is 37.4 Å². The number of carbonyl (C=O) groups excluding carboxylic acids is 2. The van der Waals surface area contributed by atoms with E-state index in [9.17, 15) is 24.1 Å². The van der Waals surface area contributed by atoms with Crippen LogP contribution in [0, 0.1) is 15.9 Å². The highest BCUT2D eigenvalue weighted by Gasteiger charge is 2.34. The zero-order valence-electron chi connectivity index (χ0n) is 15.5. The fourth-order valence-electron chi connectivity index (χ4n) is 3.85. The first-order valence-corrected chi connectivity index (χ1v) is 9.30. The van der Waals surface area contributed by atoms with Crippen molar-refractivity contribution in [3.8, 4) is 0 Å². The molecule has 9 heteroatoms. The molecule has 0 bridgehead atoms. The lowest BCUT2D eigenvalue weighted by molar-refractivity contribution is -0.384. The molecule has 8 nitrogen and oxygen atoms in total. The third kappa shape index (κ3) is 3.75. The molecule has 2 aromatic carbocycles. The van der Waals surface area contributed by atoms with Crippen LogP contribution in [0.15, 0.2) is 42.5 Å². The lowest BCUT2D eigenvalue weighted by Crippen LogP contribution is -2.50. The molecule has 4 rings (SSSR count). The maximum atomic E-state index is 13.5. The van der Waals surface area contributed by atoms with Crippen molar-refractivity contribution < 1.29 is 18.9 Å². The summed E-state index contributed by atoms with van der Waals surface area (Å²) in [5.74, 6) is -1.53. The number of anilines is 2. The van der Waals surface area contributed by atoms with E-state index in [1.165, 1.54) is 24.3 Å². The number of nitrogens with one attached hydrogen (secondary N) is 1. The van der Waals surface area contributed by atoms with Gasteiger partial charge in [-0.25, -0.2) is 4.39 Å². The van der Waals surface area contributed by atoms with Crippen LogP contribution in [0.5, 0.6) is 0 Å². The summed E-state index contributed by atoms with van der Waals surface area (Å²) in [5, 5.41) is 13.4. The number of hydrogen-bond acceptors (Lipinski definition) is 5. The van der Waals surface area contributed by atoms with Crippen molar-refractivity contribution in [2.75, 3.05) is 36.4 Å². The molecule has 0 spiro atoms. The minimum Gasteiger partial charge on any atom is -0.368 e. The smallest absolute Gasteiger partial charge is 0.269 e. The van der Waals surface area contributed by atoms with Crippen LogP contribution < -0.4 is 10.2 Å². The summed E-state index contributed by atoms with van der Waals surface area (Å²) in [5.41, 5.74) is 1.88. The zero-order valence-corrected chi connectivity index (χ0v) is 15.5. The Bertz CT molecular complexity index is 971. The number of halogens is 1. The van der Waals surface area contributed by atoms with E-state index >= 15 is 0 Å². The molecule has 0 saturated carbocycles. The van der Waals surface area contributed by atoms with Gasteiger partial charge in [-0.2, -0.15) is 0 Å². The molecule has 1 N–H and O–H groups in total. The third-order valence-corrected chi connectivity index (χ3v) is 5.37.